The third kappa shape index (κ3) is 14.3. The van der Waals surface area contributed by atoms with Crippen molar-refractivity contribution in [2.75, 3.05) is 20.6 Å². The van der Waals surface area contributed by atoms with Crippen LogP contribution in [0.3, 0.4) is 0 Å². The Hall–Kier alpha value is -0.255. The fourth-order valence-electron chi connectivity index (χ4n) is 0.835. The van der Waals surface area contributed by atoms with Crippen LogP contribution in [-0.2, 0) is 0 Å². The normalized spacial score (nSPS) is 12.4. The summed E-state index contributed by atoms with van der Waals surface area (Å²) in [5.74, 6) is 0. The van der Waals surface area contributed by atoms with E-state index in [0.717, 1.165) is 10.5 Å². The lowest BCUT2D eigenvalue weighted by Gasteiger charge is -2.33. The standard InChI is InChI=1S/C8H20N.BF4/c1-6-7-9(4,5)8(2)3;2-1(3,4)5/h8H,6-7H2,1-5H3;/q+1;-1. The molecule has 0 aromatic rings. The highest BCUT2D eigenvalue weighted by Crippen LogP contribution is 2.06. The molecule has 6 heteroatoms. The highest BCUT2D eigenvalue weighted by atomic mass is 19.5. The van der Waals surface area contributed by atoms with Crippen molar-refractivity contribution in [3.8, 4) is 0 Å². The Bertz CT molecular complexity index is 139. The van der Waals surface area contributed by atoms with Gasteiger partial charge in [-0.2, -0.15) is 0 Å². The lowest BCUT2D eigenvalue weighted by Crippen LogP contribution is -2.46. The molecule has 0 N–H and O–H groups in total. The second-order valence-electron chi connectivity index (χ2n) is 4.09. The molecular weight excluding hydrogens is 197 g/mol. The molecule has 0 amide bonds. The summed E-state index contributed by atoms with van der Waals surface area (Å²) in [6.07, 6.45) is 1.28. The predicted molar refractivity (Wildman–Crippen MR) is 52.6 cm³/mol. The van der Waals surface area contributed by atoms with Gasteiger partial charge in [0.2, 0.25) is 0 Å². The molecule has 0 aliphatic heterocycles. The summed E-state index contributed by atoms with van der Waals surface area (Å²) in [7, 11) is -1.43. The van der Waals surface area contributed by atoms with Crippen LogP contribution >= 0.6 is 0 Å². The van der Waals surface area contributed by atoms with Gasteiger partial charge in [-0.15, -0.1) is 0 Å². The van der Waals surface area contributed by atoms with Crippen molar-refractivity contribution in [2.24, 2.45) is 0 Å². The van der Waals surface area contributed by atoms with Crippen LogP contribution in [0.2, 0.25) is 0 Å². The number of hydrogen-bond donors (Lipinski definition) is 0. The van der Waals surface area contributed by atoms with Crippen LogP contribution in [0.4, 0.5) is 17.3 Å². The van der Waals surface area contributed by atoms with E-state index in [2.05, 4.69) is 34.9 Å². The maximum absolute atomic E-state index is 9.75. The van der Waals surface area contributed by atoms with Crippen molar-refractivity contribution in [2.45, 2.75) is 33.2 Å². The van der Waals surface area contributed by atoms with Crippen LogP contribution in [0, 0.1) is 0 Å². The molecule has 0 aliphatic rings. The van der Waals surface area contributed by atoms with Crippen LogP contribution in [0.15, 0.2) is 0 Å². The van der Waals surface area contributed by atoms with Crippen LogP contribution in [0.1, 0.15) is 27.2 Å². The molecule has 0 heterocycles. The molecular formula is C8H20BF4N. The molecule has 1 nitrogen and oxygen atoms in total. The molecule has 0 rings (SSSR count). The third-order valence-corrected chi connectivity index (χ3v) is 2.20. The fourth-order valence-corrected chi connectivity index (χ4v) is 0.835. The van der Waals surface area contributed by atoms with E-state index in [-0.39, 0.29) is 0 Å². The maximum atomic E-state index is 9.75. The van der Waals surface area contributed by atoms with Gasteiger partial charge >= 0.3 is 7.25 Å². The number of hydrogen-bond acceptors (Lipinski definition) is 0. The van der Waals surface area contributed by atoms with Crippen LogP contribution in [-0.4, -0.2) is 38.4 Å². The van der Waals surface area contributed by atoms with Gasteiger partial charge in [-0.1, -0.05) is 6.92 Å². The van der Waals surface area contributed by atoms with Crippen LogP contribution in [0.5, 0.6) is 0 Å². The smallest absolute Gasteiger partial charge is 0.418 e. The van der Waals surface area contributed by atoms with Crippen molar-refractivity contribution >= 4 is 7.25 Å². The van der Waals surface area contributed by atoms with Gasteiger partial charge in [-0.3, -0.25) is 0 Å². The molecule has 0 aliphatic carbocycles. The van der Waals surface area contributed by atoms with Gasteiger partial charge in [0.05, 0.1) is 26.7 Å². The first-order valence-corrected chi connectivity index (χ1v) is 4.70. The monoisotopic (exact) mass is 217 g/mol. The molecule has 0 radical (unpaired) electrons. The van der Waals surface area contributed by atoms with E-state index in [1.165, 1.54) is 13.0 Å². The van der Waals surface area contributed by atoms with Crippen molar-refractivity contribution in [1.82, 2.24) is 0 Å². The Morgan fingerprint density at radius 1 is 1.07 bits per heavy atom. The first-order valence-electron chi connectivity index (χ1n) is 4.70. The topological polar surface area (TPSA) is 0 Å². The van der Waals surface area contributed by atoms with Crippen molar-refractivity contribution in [1.29, 1.82) is 0 Å². The summed E-state index contributed by atoms with van der Waals surface area (Å²) in [6.45, 7) is 8.07. The zero-order chi connectivity index (χ0) is 12.0. The average molecular weight is 217 g/mol. The predicted octanol–water partition coefficient (Wildman–Crippen LogP) is 3.18. The summed E-state index contributed by atoms with van der Waals surface area (Å²) in [5, 5.41) is 0. The largest absolute Gasteiger partial charge is 0.673 e. The molecule has 14 heavy (non-hydrogen) atoms. The van der Waals surface area contributed by atoms with E-state index in [4.69, 9.17) is 0 Å². The van der Waals surface area contributed by atoms with E-state index in [1.807, 2.05) is 0 Å². The first kappa shape index (κ1) is 16.2. The first-order chi connectivity index (χ1) is 6.00. The highest BCUT2D eigenvalue weighted by Gasteiger charge is 2.20. The Kier molecular flexibility index (Phi) is 7.25. The molecule has 0 saturated carbocycles. The van der Waals surface area contributed by atoms with E-state index >= 15 is 0 Å². The highest BCUT2D eigenvalue weighted by molar-refractivity contribution is 6.50. The third-order valence-electron chi connectivity index (χ3n) is 2.20. The number of halogens is 4. The molecule has 0 spiro atoms. The van der Waals surface area contributed by atoms with Gasteiger partial charge in [0.1, 0.15) is 0 Å². The van der Waals surface area contributed by atoms with E-state index < -0.39 is 7.25 Å². The van der Waals surface area contributed by atoms with E-state index in [9.17, 15) is 17.3 Å². The second-order valence-corrected chi connectivity index (χ2v) is 4.09. The minimum Gasteiger partial charge on any atom is -0.418 e. The summed E-state index contributed by atoms with van der Waals surface area (Å²) in [5.41, 5.74) is 0. The Labute approximate surface area is 83.8 Å². The quantitative estimate of drug-likeness (QED) is 0.387. The number of nitrogens with zero attached hydrogens (tertiary/aromatic N) is 1. The van der Waals surface area contributed by atoms with Crippen molar-refractivity contribution in [3.05, 3.63) is 0 Å². The number of quaternary nitrogens is 1. The molecule has 0 unspecified atom stereocenters. The van der Waals surface area contributed by atoms with E-state index in [0.29, 0.717) is 0 Å². The lowest BCUT2D eigenvalue weighted by atomic mass is 10.2. The summed E-state index contributed by atoms with van der Waals surface area (Å²) >= 11 is 0. The Morgan fingerprint density at radius 2 is 1.36 bits per heavy atom. The maximum Gasteiger partial charge on any atom is 0.673 e. The van der Waals surface area contributed by atoms with E-state index in [1.54, 1.807) is 0 Å². The molecule has 0 aromatic carbocycles. The SMILES string of the molecule is CCC[N+](C)(C)C(C)C.F[B-](F)(F)F. The van der Waals surface area contributed by atoms with Gasteiger partial charge in [-0.05, 0) is 20.3 Å². The molecule has 0 atom stereocenters. The molecule has 0 bridgehead atoms. The zero-order valence-corrected chi connectivity index (χ0v) is 9.53. The van der Waals surface area contributed by atoms with Gasteiger partial charge < -0.3 is 21.7 Å². The molecule has 0 fully saturated rings. The van der Waals surface area contributed by atoms with Gasteiger partial charge in [-0.25, -0.2) is 0 Å². The van der Waals surface area contributed by atoms with Crippen molar-refractivity contribution < 1.29 is 21.7 Å². The Balaban J connectivity index is 0. The summed E-state index contributed by atoms with van der Waals surface area (Å²) in [6, 6.07) is 0.755. The second kappa shape index (κ2) is 6.27. The van der Waals surface area contributed by atoms with Gasteiger partial charge in [0.25, 0.3) is 0 Å². The average Bonchev–Trinajstić information content (AvgIpc) is 1.82. The minimum absolute atomic E-state index is 0.755. The van der Waals surface area contributed by atoms with Crippen LogP contribution < -0.4 is 0 Å². The summed E-state index contributed by atoms with van der Waals surface area (Å²) < 4.78 is 40.1. The Morgan fingerprint density at radius 3 is 1.43 bits per heavy atom. The number of rotatable bonds is 3. The van der Waals surface area contributed by atoms with Gasteiger partial charge in [0.15, 0.2) is 0 Å². The van der Waals surface area contributed by atoms with Crippen LogP contribution in [0.25, 0.3) is 0 Å². The minimum atomic E-state index is -6.00. The fraction of sp³-hybridized carbons (Fsp3) is 1.00. The molecule has 88 valence electrons. The van der Waals surface area contributed by atoms with Gasteiger partial charge in [0, 0.05) is 0 Å². The lowest BCUT2D eigenvalue weighted by molar-refractivity contribution is -0.911. The summed E-state index contributed by atoms with van der Waals surface area (Å²) in [4.78, 5) is 0. The molecule has 0 aromatic heterocycles. The van der Waals surface area contributed by atoms with Crippen molar-refractivity contribution in [3.63, 3.8) is 0 Å². The zero-order valence-electron chi connectivity index (χ0n) is 9.53. The molecule has 0 saturated heterocycles.